The number of fused-ring (bicyclic) bond motifs is 1. The summed E-state index contributed by atoms with van der Waals surface area (Å²) in [5, 5.41) is 10.5. The van der Waals surface area contributed by atoms with Crippen molar-refractivity contribution in [3.8, 4) is 0 Å². The van der Waals surface area contributed by atoms with Crippen LogP contribution in [0.4, 0.5) is 5.69 Å². The summed E-state index contributed by atoms with van der Waals surface area (Å²) in [5.74, 6) is -0.260. The number of aromatic amines is 1. The fraction of sp³-hybridized carbons (Fsp3) is 0. The Hall–Kier alpha value is -2.21. The van der Waals surface area contributed by atoms with Crippen LogP contribution in [0.25, 0.3) is 10.9 Å². The summed E-state index contributed by atoms with van der Waals surface area (Å²) in [6.07, 6.45) is 3.24. The lowest BCUT2D eigenvalue weighted by atomic mass is 10.2. The van der Waals surface area contributed by atoms with Crippen molar-refractivity contribution >= 4 is 38.4 Å². The van der Waals surface area contributed by atoms with Crippen molar-refractivity contribution in [1.82, 2.24) is 15.2 Å². The summed E-state index contributed by atoms with van der Waals surface area (Å²) < 4.78 is 0.725. The number of pyridine rings is 1. The molecule has 0 fully saturated rings. The van der Waals surface area contributed by atoms with Crippen LogP contribution in [0.3, 0.4) is 0 Å². The molecule has 5 nitrogen and oxygen atoms in total. The number of halogens is 1. The number of aromatic nitrogens is 3. The molecule has 0 saturated heterocycles. The van der Waals surface area contributed by atoms with E-state index < -0.39 is 0 Å². The van der Waals surface area contributed by atoms with Gasteiger partial charge in [0.15, 0.2) is 5.69 Å². The molecule has 19 heavy (non-hydrogen) atoms. The summed E-state index contributed by atoms with van der Waals surface area (Å²) in [7, 11) is 0. The topological polar surface area (TPSA) is 70.7 Å². The average Bonchev–Trinajstić information content (AvgIpc) is 2.85. The minimum absolute atomic E-state index is 0.260. The number of carbonyl (C=O) groups excluding carboxylic acids is 1. The van der Waals surface area contributed by atoms with E-state index in [0.717, 1.165) is 15.4 Å². The second-order valence-corrected chi connectivity index (χ2v) is 4.78. The van der Waals surface area contributed by atoms with Gasteiger partial charge in [-0.25, -0.2) is 0 Å². The van der Waals surface area contributed by atoms with Gasteiger partial charge in [0, 0.05) is 17.8 Å². The number of nitrogens with zero attached hydrogens (tertiary/aromatic N) is 2. The Labute approximate surface area is 117 Å². The van der Waals surface area contributed by atoms with E-state index in [1.807, 2.05) is 24.3 Å². The normalized spacial score (nSPS) is 10.6. The fourth-order valence-electron chi connectivity index (χ4n) is 1.79. The first-order chi connectivity index (χ1) is 9.25. The summed E-state index contributed by atoms with van der Waals surface area (Å²) in [5.41, 5.74) is 1.87. The van der Waals surface area contributed by atoms with Crippen molar-refractivity contribution < 1.29 is 4.79 Å². The lowest BCUT2D eigenvalue weighted by molar-refractivity contribution is 0.102. The van der Waals surface area contributed by atoms with Crippen molar-refractivity contribution in [3.63, 3.8) is 0 Å². The van der Waals surface area contributed by atoms with Crippen LogP contribution in [0.15, 0.2) is 47.2 Å². The maximum absolute atomic E-state index is 12.2. The van der Waals surface area contributed by atoms with E-state index in [4.69, 9.17) is 0 Å². The molecule has 0 unspecified atom stereocenters. The zero-order valence-corrected chi connectivity index (χ0v) is 11.3. The van der Waals surface area contributed by atoms with Gasteiger partial charge in [0.25, 0.3) is 5.91 Å². The van der Waals surface area contributed by atoms with Crippen molar-refractivity contribution in [2.24, 2.45) is 0 Å². The Morgan fingerprint density at radius 2 is 2.11 bits per heavy atom. The second-order valence-electron chi connectivity index (χ2n) is 3.93. The number of hydrogen-bond donors (Lipinski definition) is 2. The molecule has 0 radical (unpaired) electrons. The monoisotopic (exact) mass is 316 g/mol. The Morgan fingerprint density at radius 1 is 1.26 bits per heavy atom. The van der Waals surface area contributed by atoms with Crippen LogP contribution < -0.4 is 5.32 Å². The molecule has 6 heteroatoms. The number of anilines is 1. The average molecular weight is 317 g/mol. The van der Waals surface area contributed by atoms with Crippen LogP contribution in [0.5, 0.6) is 0 Å². The quantitative estimate of drug-likeness (QED) is 0.763. The molecule has 0 bridgehead atoms. The Kier molecular flexibility index (Phi) is 3.00. The van der Waals surface area contributed by atoms with E-state index in [2.05, 4.69) is 36.4 Å². The molecular weight excluding hydrogens is 308 g/mol. The molecule has 3 aromatic rings. The zero-order chi connectivity index (χ0) is 13.2. The smallest absolute Gasteiger partial charge is 0.276 e. The van der Waals surface area contributed by atoms with Gasteiger partial charge in [0.1, 0.15) is 0 Å². The Morgan fingerprint density at radius 3 is 2.95 bits per heavy atom. The minimum atomic E-state index is -0.260. The zero-order valence-electron chi connectivity index (χ0n) is 9.72. The van der Waals surface area contributed by atoms with Crippen LogP contribution in [-0.2, 0) is 0 Å². The molecule has 1 amide bonds. The highest BCUT2D eigenvalue weighted by molar-refractivity contribution is 9.10. The number of rotatable bonds is 2. The Bertz CT molecular complexity index is 753. The van der Waals surface area contributed by atoms with Crippen molar-refractivity contribution in [2.45, 2.75) is 0 Å². The van der Waals surface area contributed by atoms with Crippen LogP contribution in [0.2, 0.25) is 0 Å². The number of benzene rings is 1. The number of carbonyl (C=O) groups is 1. The number of hydrogen-bond acceptors (Lipinski definition) is 3. The SMILES string of the molecule is O=C(Nc1ccncc1Br)c1n[nH]c2ccccc12. The third kappa shape index (κ3) is 2.22. The highest BCUT2D eigenvalue weighted by atomic mass is 79.9. The summed E-state index contributed by atoms with van der Waals surface area (Å²) >= 11 is 3.33. The first-order valence-corrected chi connectivity index (χ1v) is 6.39. The molecule has 94 valence electrons. The molecular formula is C13H9BrN4O. The molecule has 0 aliphatic rings. The van der Waals surface area contributed by atoms with Crippen molar-refractivity contribution in [1.29, 1.82) is 0 Å². The van der Waals surface area contributed by atoms with E-state index in [1.165, 1.54) is 0 Å². The van der Waals surface area contributed by atoms with Crippen molar-refractivity contribution in [3.05, 3.63) is 52.9 Å². The maximum atomic E-state index is 12.2. The number of H-pyrrole nitrogens is 1. The molecule has 2 aromatic heterocycles. The van der Waals surface area contributed by atoms with Crippen LogP contribution >= 0.6 is 15.9 Å². The van der Waals surface area contributed by atoms with Gasteiger partial charge in [-0.15, -0.1) is 0 Å². The third-order valence-electron chi connectivity index (χ3n) is 2.71. The fourth-order valence-corrected chi connectivity index (χ4v) is 2.14. The minimum Gasteiger partial charge on any atom is -0.319 e. The predicted octanol–water partition coefficient (Wildman–Crippen LogP) is 2.97. The van der Waals surface area contributed by atoms with Gasteiger partial charge in [0.2, 0.25) is 0 Å². The van der Waals surface area contributed by atoms with Gasteiger partial charge in [-0.2, -0.15) is 5.10 Å². The van der Waals surface area contributed by atoms with E-state index in [9.17, 15) is 4.79 Å². The Balaban J connectivity index is 1.95. The number of nitrogens with one attached hydrogen (secondary N) is 2. The van der Waals surface area contributed by atoms with Crippen LogP contribution in [0, 0.1) is 0 Å². The lowest BCUT2D eigenvalue weighted by Crippen LogP contribution is -2.13. The molecule has 0 saturated carbocycles. The van der Waals surface area contributed by atoms with Crippen LogP contribution in [0.1, 0.15) is 10.5 Å². The van der Waals surface area contributed by atoms with E-state index in [0.29, 0.717) is 11.4 Å². The predicted molar refractivity (Wildman–Crippen MR) is 76.0 cm³/mol. The summed E-state index contributed by atoms with van der Waals surface area (Å²) in [6, 6.07) is 9.21. The van der Waals surface area contributed by atoms with E-state index in [1.54, 1.807) is 18.5 Å². The molecule has 1 aromatic carbocycles. The highest BCUT2D eigenvalue weighted by Crippen LogP contribution is 2.22. The van der Waals surface area contributed by atoms with Gasteiger partial charge >= 0.3 is 0 Å². The largest absolute Gasteiger partial charge is 0.319 e. The molecule has 0 atom stereocenters. The third-order valence-corrected chi connectivity index (χ3v) is 3.34. The lowest BCUT2D eigenvalue weighted by Gasteiger charge is -2.04. The molecule has 2 heterocycles. The molecule has 0 spiro atoms. The summed E-state index contributed by atoms with van der Waals surface area (Å²) in [4.78, 5) is 16.2. The number of amides is 1. The van der Waals surface area contributed by atoms with Gasteiger partial charge in [-0.05, 0) is 28.1 Å². The van der Waals surface area contributed by atoms with Gasteiger partial charge in [0.05, 0.1) is 15.7 Å². The number of para-hydroxylation sites is 1. The van der Waals surface area contributed by atoms with Gasteiger partial charge in [-0.3, -0.25) is 14.9 Å². The van der Waals surface area contributed by atoms with E-state index >= 15 is 0 Å². The van der Waals surface area contributed by atoms with Gasteiger partial charge < -0.3 is 5.32 Å². The first kappa shape index (κ1) is 11.9. The second kappa shape index (κ2) is 4.81. The standard InChI is InChI=1S/C13H9BrN4O/c14-9-7-15-6-5-11(9)16-13(19)12-8-3-1-2-4-10(8)17-18-12/h1-7H,(H,17,18)(H,15,16,19). The highest BCUT2D eigenvalue weighted by Gasteiger charge is 2.14. The van der Waals surface area contributed by atoms with Crippen LogP contribution in [-0.4, -0.2) is 21.1 Å². The molecule has 2 N–H and O–H groups in total. The molecule has 0 aliphatic heterocycles. The molecule has 0 aliphatic carbocycles. The van der Waals surface area contributed by atoms with Gasteiger partial charge in [-0.1, -0.05) is 18.2 Å². The maximum Gasteiger partial charge on any atom is 0.276 e. The molecule has 3 rings (SSSR count). The summed E-state index contributed by atoms with van der Waals surface area (Å²) in [6.45, 7) is 0. The van der Waals surface area contributed by atoms with E-state index in [-0.39, 0.29) is 5.91 Å². The van der Waals surface area contributed by atoms with Crippen molar-refractivity contribution in [2.75, 3.05) is 5.32 Å². The first-order valence-electron chi connectivity index (χ1n) is 5.59.